The second-order valence-electron chi connectivity index (χ2n) is 5.86. The van der Waals surface area contributed by atoms with Crippen LogP contribution in [-0.4, -0.2) is 23.7 Å². The number of hydrogen-bond donors (Lipinski definition) is 2. The minimum atomic E-state index is -0.944. The summed E-state index contributed by atoms with van der Waals surface area (Å²) < 4.78 is 5.69. The highest BCUT2D eigenvalue weighted by atomic mass is 35.5. The van der Waals surface area contributed by atoms with Crippen molar-refractivity contribution in [2.45, 2.75) is 39.3 Å². The first-order valence-electron chi connectivity index (χ1n) is 6.77. The molecule has 1 aromatic rings. The van der Waals surface area contributed by atoms with E-state index >= 15 is 0 Å². The molecule has 0 bridgehead atoms. The summed E-state index contributed by atoms with van der Waals surface area (Å²) in [7, 11) is 0. The van der Waals surface area contributed by atoms with E-state index in [2.05, 4.69) is 5.32 Å². The van der Waals surface area contributed by atoms with Crippen LogP contribution >= 0.6 is 11.6 Å². The number of carboxylic acid groups (broad SMARTS) is 1. The number of halogens is 1. The standard InChI is InChI=1S/C15H20ClNO3/c1-15(2,14(18)19)9-20-13-10(4-3-5-12(13)16)8-17-11-6-7-11/h3-5,11,17H,6-9H2,1-2H3,(H,18,19). The van der Waals surface area contributed by atoms with Gasteiger partial charge < -0.3 is 15.2 Å². The fraction of sp³-hybridized carbons (Fsp3) is 0.533. The molecule has 0 unspecified atom stereocenters. The number of carboxylic acids is 1. The van der Waals surface area contributed by atoms with Crippen LogP contribution in [0.3, 0.4) is 0 Å². The molecular formula is C15H20ClNO3. The van der Waals surface area contributed by atoms with Crippen LogP contribution in [0.1, 0.15) is 32.3 Å². The summed E-state index contributed by atoms with van der Waals surface area (Å²) in [4.78, 5) is 11.1. The highest BCUT2D eigenvalue weighted by Gasteiger charge is 2.29. The van der Waals surface area contributed by atoms with E-state index in [4.69, 9.17) is 21.4 Å². The summed E-state index contributed by atoms with van der Waals surface area (Å²) in [5.41, 5.74) is 0.0194. The molecule has 110 valence electrons. The molecule has 1 aliphatic rings. The zero-order valence-corrected chi connectivity index (χ0v) is 12.5. The van der Waals surface area contributed by atoms with Crippen molar-refractivity contribution in [1.29, 1.82) is 0 Å². The van der Waals surface area contributed by atoms with E-state index in [1.54, 1.807) is 19.9 Å². The van der Waals surface area contributed by atoms with Crippen LogP contribution in [0.5, 0.6) is 5.75 Å². The number of ether oxygens (including phenoxy) is 1. The third-order valence-corrected chi connectivity index (χ3v) is 3.66. The fourth-order valence-corrected chi connectivity index (χ4v) is 1.96. The van der Waals surface area contributed by atoms with Gasteiger partial charge in [0, 0.05) is 18.2 Å². The van der Waals surface area contributed by atoms with Crippen molar-refractivity contribution < 1.29 is 14.6 Å². The molecule has 0 heterocycles. The summed E-state index contributed by atoms with van der Waals surface area (Å²) >= 11 is 6.17. The average Bonchev–Trinajstić information content (AvgIpc) is 3.19. The van der Waals surface area contributed by atoms with Crippen LogP contribution in [0.15, 0.2) is 18.2 Å². The molecular weight excluding hydrogens is 278 g/mol. The second-order valence-corrected chi connectivity index (χ2v) is 6.27. The summed E-state index contributed by atoms with van der Waals surface area (Å²) in [6.07, 6.45) is 2.42. The second kappa shape index (κ2) is 6.02. The van der Waals surface area contributed by atoms with E-state index in [9.17, 15) is 4.79 Å². The molecule has 0 spiro atoms. The van der Waals surface area contributed by atoms with Crippen LogP contribution in [0.25, 0.3) is 0 Å². The molecule has 1 aromatic carbocycles. The SMILES string of the molecule is CC(C)(COc1c(Cl)cccc1CNC1CC1)C(=O)O. The number of aliphatic carboxylic acids is 1. The van der Waals surface area contributed by atoms with Gasteiger partial charge in [-0.2, -0.15) is 0 Å². The smallest absolute Gasteiger partial charge is 0.312 e. The maximum Gasteiger partial charge on any atom is 0.312 e. The van der Waals surface area contributed by atoms with Gasteiger partial charge in [-0.25, -0.2) is 0 Å². The molecule has 0 atom stereocenters. The predicted molar refractivity (Wildman–Crippen MR) is 78.2 cm³/mol. The van der Waals surface area contributed by atoms with Crippen LogP contribution in [0.4, 0.5) is 0 Å². The molecule has 0 amide bonds. The number of hydrogen-bond acceptors (Lipinski definition) is 3. The van der Waals surface area contributed by atoms with Gasteiger partial charge in [-0.3, -0.25) is 4.79 Å². The van der Waals surface area contributed by atoms with Gasteiger partial charge in [0.25, 0.3) is 0 Å². The Kier molecular flexibility index (Phi) is 4.55. The lowest BCUT2D eigenvalue weighted by atomic mass is 9.95. The van der Waals surface area contributed by atoms with E-state index in [1.807, 2.05) is 12.1 Å². The van der Waals surface area contributed by atoms with Gasteiger partial charge in [-0.05, 0) is 32.8 Å². The topological polar surface area (TPSA) is 58.6 Å². The predicted octanol–water partition coefficient (Wildman–Crippen LogP) is 3.08. The lowest BCUT2D eigenvalue weighted by molar-refractivity contribution is -0.148. The minimum Gasteiger partial charge on any atom is -0.491 e. The Morgan fingerprint density at radius 2 is 2.20 bits per heavy atom. The minimum absolute atomic E-state index is 0.0858. The van der Waals surface area contributed by atoms with Gasteiger partial charge in [0.15, 0.2) is 0 Å². The molecule has 2 N–H and O–H groups in total. The largest absolute Gasteiger partial charge is 0.491 e. The Morgan fingerprint density at radius 3 is 2.80 bits per heavy atom. The molecule has 1 saturated carbocycles. The fourth-order valence-electron chi connectivity index (χ4n) is 1.71. The molecule has 0 radical (unpaired) electrons. The number of benzene rings is 1. The van der Waals surface area contributed by atoms with Crippen molar-refractivity contribution in [1.82, 2.24) is 5.32 Å². The van der Waals surface area contributed by atoms with Crippen LogP contribution < -0.4 is 10.1 Å². The summed E-state index contributed by atoms with van der Waals surface area (Å²) in [6, 6.07) is 6.18. The van der Waals surface area contributed by atoms with Crippen molar-refractivity contribution in [3.63, 3.8) is 0 Å². The van der Waals surface area contributed by atoms with Crippen LogP contribution in [-0.2, 0) is 11.3 Å². The Hall–Kier alpha value is -1.26. The summed E-state index contributed by atoms with van der Waals surface area (Å²) in [5, 5.41) is 13.0. The molecule has 1 aliphatic carbocycles. The van der Waals surface area contributed by atoms with E-state index in [0.29, 0.717) is 23.4 Å². The van der Waals surface area contributed by atoms with Crippen LogP contribution in [0, 0.1) is 5.41 Å². The molecule has 20 heavy (non-hydrogen) atoms. The van der Waals surface area contributed by atoms with Gasteiger partial charge in [0.1, 0.15) is 12.4 Å². The van der Waals surface area contributed by atoms with E-state index in [1.165, 1.54) is 12.8 Å². The third kappa shape index (κ3) is 3.87. The first-order chi connectivity index (χ1) is 9.40. The summed E-state index contributed by atoms with van der Waals surface area (Å²) in [5.74, 6) is -0.307. The van der Waals surface area contributed by atoms with Crippen molar-refractivity contribution in [3.8, 4) is 5.75 Å². The molecule has 4 nitrogen and oxygen atoms in total. The van der Waals surface area contributed by atoms with Gasteiger partial charge in [0.05, 0.1) is 10.4 Å². The van der Waals surface area contributed by atoms with E-state index in [-0.39, 0.29) is 6.61 Å². The first-order valence-corrected chi connectivity index (χ1v) is 7.15. The maximum absolute atomic E-state index is 11.1. The summed E-state index contributed by atoms with van der Waals surface area (Å²) in [6.45, 7) is 4.04. The van der Waals surface area contributed by atoms with Crippen LogP contribution in [0.2, 0.25) is 5.02 Å². The number of nitrogens with one attached hydrogen (secondary N) is 1. The Bertz CT molecular complexity index is 498. The van der Waals surface area contributed by atoms with E-state index in [0.717, 1.165) is 5.56 Å². The molecule has 0 aliphatic heterocycles. The zero-order valence-electron chi connectivity index (χ0n) is 11.8. The molecule has 2 rings (SSSR count). The normalized spacial score (nSPS) is 15.2. The van der Waals surface area contributed by atoms with Gasteiger partial charge >= 0.3 is 5.97 Å². The monoisotopic (exact) mass is 297 g/mol. The van der Waals surface area contributed by atoms with Crippen molar-refractivity contribution in [3.05, 3.63) is 28.8 Å². The third-order valence-electron chi connectivity index (χ3n) is 3.36. The molecule has 0 aromatic heterocycles. The van der Waals surface area contributed by atoms with Crippen molar-refractivity contribution in [2.24, 2.45) is 5.41 Å². The zero-order chi connectivity index (χ0) is 14.8. The highest BCUT2D eigenvalue weighted by Crippen LogP contribution is 2.31. The van der Waals surface area contributed by atoms with Gasteiger partial charge in [-0.1, -0.05) is 23.7 Å². The molecule has 1 fully saturated rings. The maximum atomic E-state index is 11.1. The quantitative estimate of drug-likeness (QED) is 0.812. The number of para-hydroxylation sites is 1. The lowest BCUT2D eigenvalue weighted by Crippen LogP contribution is -2.31. The first kappa shape index (κ1) is 15.1. The average molecular weight is 298 g/mol. The molecule has 5 heteroatoms. The van der Waals surface area contributed by atoms with E-state index < -0.39 is 11.4 Å². The van der Waals surface area contributed by atoms with Gasteiger partial charge in [-0.15, -0.1) is 0 Å². The lowest BCUT2D eigenvalue weighted by Gasteiger charge is -2.21. The Morgan fingerprint density at radius 1 is 1.50 bits per heavy atom. The van der Waals surface area contributed by atoms with Crippen molar-refractivity contribution >= 4 is 17.6 Å². The number of rotatable bonds is 7. The van der Waals surface area contributed by atoms with Crippen molar-refractivity contribution in [2.75, 3.05) is 6.61 Å². The van der Waals surface area contributed by atoms with Gasteiger partial charge in [0.2, 0.25) is 0 Å². The highest BCUT2D eigenvalue weighted by molar-refractivity contribution is 6.32. The Balaban J connectivity index is 2.06. The Labute approximate surface area is 124 Å². The molecule has 0 saturated heterocycles. The number of carbonyl (C=O) groups is 1.